The summed E-state index contributed by atoms with van der Waals surface area (Å²) in [5.74, 6) is -0.568. The molecule has 0 fully saturated rings. The molecular weight excluding hydrogens is 256 g/mol. The number of hydrogen-bond donors (Lipinski definition) is 2. The lowest BCUT2D eigenvalue weighted by Crippen LogP contribution is -1.99. The smallest absolute Gasteiger partial charge is 0.336 e. The van der Waals surface area contributed by atoms with Gasteiger partial charge in [-0.1, -0.05) is 30.3 Å². The van der Waals surface area contributed by atoms with Gasteiger partial charge >= 0.3 is 5.97 Å². The molecule has 0 radical (unpaired) electrons. The summed E-state index contributed by atoms with van der Waals surface area (Å²) >= 11 is 0. The summed E-state index contributed by atoms with van der Waals surface area (Å²) in [5.41, 5.74) is 1.12. The first-order chi connectivity index (χ1) is 9.61. The number of carboxylic acid groups (broad SMARTS) is 1. The van der Waals surface area contributed by atoms with E-state index in [2.05, 4.69) is 0 Å². The third kappa shape index (κ3) is 2.98. The van der Waals surface area contributed by atoms with Crippen LogP contribution in [0.1, 0.15) is 11.1 Å². The van der Waals surface area contributed by atoms with Crippen LogP contribution in [0.25, 0.3) is 11.6 Å². The molecule has 2 rings (SSSR count). The highest BCUT2D eigenvalue weighted by Crippen LogP contribution is 2.27. The fraction of sp³-hybridized carbons (Fsp3) is 0.0625. The van der Waals surface area contributed by atoms with E-state index >= 15 is 0 Å². The Kier molecular flexibility index (Phi) is 4.05. The molecule has 0 aliphatic carbocycles. The third-order valence-electron chi connectivity index (χ3n) is 2.85. The Hall–Kier alpha value is -2.75. The van der Waals surface area contributed by atoms with Gasteiger partial charge in [0.05, 0.1) is 12.7 Å². The number of benzene rings is 2. The van der Waals surface area contributed by atoms with Crippen molar-refractivity contribution in [3.05, 3.63) is 59.7 Å². The monoisotopic (exact) mass is 270 g/mol. The molecule has 0 aromatic heterocycles. The highest BCUT2D eigenvalue weighted by atomic mass is 16.5. The van der Waals surface area contributed by atoms with E-state index in [4.69, 9.17) is 4.74 Å². The van der Waals surface area contributed by atoms with E-state index in [9.17, 15) is 15.0 Å². The van der Waals surface area contributed by atoms with Crippen LogP contribution in [-0.4, -0.2) is 23.3 Å². The van der Waals surface area contributed by atoms with Crippen molar-refractivity contribution in [3.63, 3.8) is 0 Å². The molecule has 0 aliphatic heterocycles. The lowest BCUT2D eigenvalue weighted by atomic mass is 10.0. The Labute approximate surface area is 116 Å². The molecule has 0 bridgehead atoms. The standard InChI is InChI=1S/C16H14O4/c1-20-13-8-7-12(15(17)10-13)9-14(16(18)19)11-5-3-2-4-6-11/h2-10,17H,1H3,(H,18,19)/b14-9-. The number of rotatable bonds is 4. The zero-order valence-electron chi connectivity index (χ0n) is 10.9. The van der Waals surface area contributed by atoms with Crippen molar-refractivity contribution in [2.75, 3.05) is 7.11 Å². The van der Waals surface area contributed by atoms with Crippen molar-refractivity contribution in [1.82, 2.24) is 0 Å². The van der Waals surface area contributed by atoms with Gasteiger partial charge in [0, 0.05) is 11.6 Å². The van der Waals surface area contributed by atoms with Gasteiger partial charge in [-0.25, -0.2) is 4.79 Å². The fourth-order valence-corrected chi connectivity index (χ4v) is 1.81. The van der Waals surface area contributed by atoms with Crippen molar-refractivity contribution >= 4 is 17.6 Å². The molecule has 0 unspecified atom stereocenters. The SMILES string of the molecule is COc1ccc(/C=C(\C(=O)O)c2ccccc2)c(O)c1. The molecule has 0 spiro atoms. The van der Waals surface area contributed by atoms with Crippen LogP contribution in [0.4, 0.5) is 0 Å². The van der Waals surface area contributed by atoms with Crippen LogP contribution < -0.4 is 4.74 Å². The van der Waals surface area contributed by atoms with Gasteiger partial charge in [0.25, 0.3) is 0 Å². The molecule has 0 atom stereocenters. The number of phenols is 1. The van der Waals surface area contributed by atoms with Crippen molar-refractivity contribution in [1.29, 1.82) is 0 Å². The minimum atomic E-state index is -1.05. The summed E-state index contributed by atoms with van der Waals surface area (Å²) in [6, 6.07) is 13.5. The maximum absolute atomic E-state index is 11.4. The zero-order valence-corrected chi connectivity index (χ0v) is 10.9. The number of aromatic hydroxyl groups is 1. The summed E-state index contributed by atoms with van der Waals surface area (Å²) < 4.78 is 4.99. The number of carboxylic acids is 1. The van der Waals surface area contributed by atoms with Crippen LogP contribution in [-0.2, 0) is 4.79 Å². The highest BCUT2D eigenvalue weighted by Gasteiger charge is 2.11. The van der Waals surface area contributed by atoms with Gasteiger partial charge in [-0.2, -0.15) is 0 Å². The summed E-state index contributed by atoms with van der Waals surface area (Å²) in [5, 5.41) is 19.2. The van der Waals surface area contributed by atoms with Crippen molar-refractivity contribution in [2.24, 2.45) is 0 Å². The van der Waals surface area contributed by atoms with Crippen molar-refractivity contribution in [2.45, 2.75) is 0 Å². The van der Waals surface area contributed by atoms with Gasteiger partial charge in [-0.15, -0.1) is 0 Å². The van der Waals surface area contributed by atoms with Crippen molar-refractivity contribution < 1.29 is 19.7 Å². The summed E-state index contributed by atoms with van der Waals surface area (Å²) in [6.07, 6.45) is 1.44. The van der Waals surface area contributed by atoms with Gasteiger partial charge in [-0.05, 0) is 23.8 Å². The Morgan fingerprint density at radius 3 is 2.40 bits per heavy atom. The average molecular weight is 270 g/mol. The first-order valence-electron chi connectivity index (χ1n) is 5.99. The van der Waals surface area contributed by atoms with E-state index in [1.807, 2.05) is 6.07 Å². The number of hydrogen-bond acceptors (Lipinski definition) is 3. The normalized spacial score (nSPS) is 11.2. The van der Waals surface area contributed by atoms with Gasteiger partial charge < -0.3 is 14.9 Å². The van der Waals surface area contributed by atoms with Crippen molar-refractivity contribution in [3.8, 4) is 11.5 Å². The summed E-state index contributed by atoms with van der Waals surface area (Å²) in [6.45, 7) is 0. The lowest BCUT2D eigenvalue weighted by molar-refractivity contribution is -0.130. The molecule has 0 saturated heterocycles. The molecule has 20 heavy (non-hydrogen) atoms. The summed E-state index contributed by atoms with van der Waals surface area (Å²) in [4.78, 5) is 11.4. The van der Waals surface area contributed by atoms with E-state index in [1.165, 1.54) is 19.3 Å². The number of ether oxygens (including phenoxy) is 1. The Balaban J connectivity index is 2.47. The Morgan fingerprint density at radius 1 is 1.15 bits per heavy atom. The topological polar surface area (TPSA) is 66.8 Å². The maximum atomic E-state index is 11.4. The fourth-order valence-electron chi connectivity index (χ4n) is 1.81. The zero-order chi connectivity index (χ0) is 14.5. The third-order valence-corrected chi connectivity index (χ3v) is 2.85. The molecule has 102 valence electrons. The van der Waals surface area contributed by atoms with E-state index in [1.54, 1.807) is 36.4 Å². The first kappa shape index (κ1) is 13.7. The lowest BCUT2D eigenvalue weighted by Gasteiger charge is -2.06. The van der Waals surface area contributed by atoms with Gasteiger partial charge in [0.15, 0.2) is 0 Å². The predicted molar refractivity (Wildman–Crippen MR) is 76.6 cm³/mol. The number of phenolic OH excluding ortho intramolecular Hbond substituents is 1. The molecule has 0 heterocycles. The predicted octanol–water partition coefficient (Wildman–Crippen LogP) is 3.03. The van der Waals surface area contributed by atoms with Crippen LogP contribution in [0.15, 0.2) is 48.5 Å². The second-order valence-electron chi connectivity index (χ2n) is 4.15. The minimum Gasteiger partial charge on any atom is -0.507 e. The Morgan fingerprint density at radius 2 is 1.85 bits per heavy atom. The van der Waals surface area contributed by atoms with Crippen LogP contribution >= 0.6 is 0 Å². The molecule has 0 amide bonds. The van der Waals surface area contributed by atoms with Gasteiger partial charge in [-0.3, -0.25) is 0 Å². The molecule has 2 aromatic carbocycles. The average Bonchev–Trinajstić information content (AvgIpc) is 2.46. The Bertz CT molecular complexity index is 645. The number of aliphatic carboxylic acids is 1. The maximum Gasteiger partial charge on any atom is 0.336 e. The molecule has 0 saturated carbocycles. The molecular formula is C16H14O4. The molecule has 4 nitrogen and oxygen atoms in total. The van der Waals surface area contributed by atoms with Gasteiger partial charge in [0.2, 0.25) is 0 Å². The second kappa shape index (κ2) is 5.93. The van der Waals surface area contributed by atoms with E-state index in [0.29, 0.717) is 16.9 Å². The van der Waals surface area contributed by atoms with Crippen LogP contribution in [0.3, 0.4) is 0 Å². The molecule has 4 heteroatoms. The van der Waals surface area contributed by atoms with E-state index < -0.39 is 5.97 Å². The molecule has 2 aromatic rings. The van der Waals surface area contributed by atoms with Gasteiger partial charge in [0.1, 0.15) is 11.5 Å². The largest absolute Gasteiger partial charge is 0.507 e. The van der Waals surface area contributed by atoms with Crippen LogP contribution in [0, 0.1) is 0 Å². The number of carbonyl (C=O) groups is 1. The van der Waals surface area contributed by atoms with Crippen LogP contribution in [0.5, 0.6) is 11.5 Å². The molecule has 0 aliphatic rings. The quantitative estimate of drug-likeness (QED) is 0.662. The van der Waals surface area contributed by atoms with E-state index in [-0.39, 0.29) is 11.3 Å². The van der Waals surface area contributed by atoms with E-state index in [0.717, 1.165) is 0 Å². The summed E-state index contributed by atoms with van der Waals surface area (Å²) in [7, 11) is 1.50. The first-order valence-corrected chi connectivity index (χ1v) is 5.99. The molecule has 2 N–H and O–H groups in total. The highest BCUT2D eigenvalue weighted by molar-refractivity contribution is 6.20. The van der Waals surface area contributed by atoms with Crippen LogP contribution in [0.2, 0.25) is 0 Å². The second-order valence-corrected chi connectivity index (χ2v) is 4.15. The number of methoxy groups -OCH3 is 1. The minimum absolute atomic E-state index is 0.0287.